The van der Waals surface area contributed by atoms with Gasteiger partial charge in [-0.25, -0.2) is 8.42 Å². The molecule has 2 aromatic rings. The summed E-state index contributed by atoms with van der Waals surface area (Å²) in [5.41, 5.74) is 0.558. The molecule has 0 unspecified atom stereocenters. The predicted molar refractivity (Wildman–Crippen MR) is 121 cm³/mol. The van der Waals surface area contributed by atoms with Crippen LogP contribution in [0.25, 0.3) is 0 Å². The maximum Gasteiger partial charge on any atom is 0.243 e. The first-order chi connectivity index (χ1) is 15.0. The summed E-state index contributed by atoms with van der Waals surface area (Å²) in [6.07, 6.45) is 4.16. The summed E-state index contributed by atoms with van der Waals surface area (Å²) in [6.45, 7) is 2.66. The highest BCUT2D eigenvalue weighted by atomic mass is 32.2. The minimum absolute atomic E-state index is 0.189. The number of nitrogens with zero attached hydrogens (tertiary/aromatic N) is 3. The minimum Gasteiger partial charge on any atom is -0.376 e. The number of rotatable bonds is 9. The smallest absolute Gasteiger partial charge is 0.243 e. The van der Waals surface area contributed by atoms with E-state index in [1.54, 1.807) is 12.1 Å². The van der Waals surface area contributed by atoms with Crippen molar-refractivity contribution >= 4 is 49.8 Å². The van der Waals surface area contributed by atoms with Crippen molar-refractivity contribution in [2.75, 3.05) is 42.6 Å². The number of aromatic nitrogens is 2. The van der Waals surface area contributed by atoms with Gasteiger partial charge >= 0.3 is 0 Å². The van der Waals surface area contributed by atoms with E-state index in [4.69, 9.17) is 4.74 Å². The van der Waals surface area contributed by atoms with Crippen LogP contribution < -0.4 is 10.6 Å². The van der Waals surface area contributed by atoms with Crippen molar-refractivity contribution in [3.8, 4) is 0 Å². The van der Waals surface area contributed by atoms with Gasteiger partial charge in [0.05, 0.1) is 16.8 Å². The lowest BCUT2D eigenvalue weighted by Crippen LogP contribution is -2.27. The number of sulfonamides is 1. The van der Waals surface area contributed by atoms with Gasteiger partial charge in [-0.2, -0.15) is 4.31 Å². The molecule has 2 aliphatic rings. The van der Waals surface area contributed by atoms with Crippen LogP contribution in [0, 0.1) is 0 Å². The van der Waals surface area contributed by atoms with E-state index in [1.165, 1.54) is 39.5 Å². The first kappa shape index (κ1) is 22.5. The van der Waals surface area contributed by atoms with Gasteiger partial charge < -0.3 is 15.4 Å². The number of amides is 1. The third kappa shape index (κ3) is 5.95. The van der Waals surface area contributed by atoms with Crippen LogP contribution >= 0.6 is 23.1 Å². The topological polar surface area (TPSA) is 114 Å². The molecule has 12 heteroatoms. The fourth-order valence-electron chi connectivity index (χ4n) is 3.46. The molecule has 2 N–H and O–H groups in total. The Bertz CT molecular complexity index is 984. The molecule has 9 nitrogen and oxygen atoms in total. The van der Waals surface area contributed by atoms with Gasteiger partial charge in [0.25, 0.3) is 0 Å². The van der Waals surface area contributed by atoms with Crippen LogP contribution in [0.5, 0.6) is 0 Å². The minimum atomic E-state index is -3.45. The molecule has 0 radical (unpaired) electrons. The molecule has 1 atom stereocenters. The van der Waals surface area contributed by atoms with E-state index in [-0.39, 0.29) is 22.7 Å². The Morgan fingerprint density at radius 2 is 1.97 bits per heavy atom. The van der Waals surface area contributed by atoms with Gasteiger partial charge in [0.1, 0.15) is 0 Å². The van der Waals surface area contributed by atoms with Crippen LogP contribution in [0.1, 0.15) is 25.7 Å². The molecule has 2 saturated heterocycles. The maximum absolute atomic E-state index is 12.6. The molecule has 1 aromatic heterocycles. The molecule has 168 valence electrons. The number of anilines is 2. The van der Waals surface area contributed by atoms with Gasteiger partial charge in [-0.05, 0) is 49.9 Å². The van der Waals surface area contributed by atoms with Crippen LogP contribution in [0.15, 0.2) is 33.5 Å². The van der Waals surface area contributed by atoms with Crippen LogP contribution in [-0.2, 0) is 19.6 Å². The van der Waals surface area contributed by atoms with Gasteiger partial charge in [-0.3, -0.25) is 4.79 Å². The van der Waals surface area contributed by atoms with Crippen molar-refractivity contribution in [2.24, 2.45) is 0 Å². The fourth-order valence-corrected chi connectivity index (χ4v) is 6.53. The third-order valence-corrected chi connectivity index (χ3v) is 9.01. The second kappa shape index (κ2) is 10.3. The standard InChI is InChI=1S/C19H25N5O4S3/c25-17(13-29-19-23-22-18(30-19)20-12-15-4-3-11-28-15)21-14-5-7-16(8-6-14)31(26,27)24-9-1-2-10-24/h5-8,15H,1-4,9-13H2,(H,20,22)(H,21,25)/t15-/m0/s1. The number of thioether (sulfide) groups is 1. The Kier molecular flexibility index (Phi) is 7.43. The van der Waals surface area contributed by atoms with Crippen LogP contribution in [-0.4, -0.2) is 66.9 Å². The number of hydrogen-bond donors (Lipinski definition) is 2. The van der Waals surface area contributed by atoms with Crippen molar-refractivity contribution < 1.29 is 17.9 Å². The maximum atomic E-state index is 12.6. The summed E-state index contributed by atoms with van der Waals surface area (Å²) in [4.78, 5) is 12.5. The van der Waals surface area contributed by atoms with Crippen LogP contribution in [0.2, 0.25) is 0 Å². The summed E-state index contributed by atoms with van der Waals surface area (Å²) >= 11 is 2.71. The van der Waals surface area contributed by atoms with E-state index >= 15 is 0 Å². The average Bonchev–Trinajstić information content (AvgIpc) is 3.54. The molecule has 3 heterocycles. The Balaban J connectivity index is 1.23. The molecule has 0 saturated carbocycles. The van der Waals surface area contributed by atoms with Gasteiger partial charge in [-0.15, -0.1) is 10.2 Å². The van der Waals surface area contributed by atoms with Crippen LogP contribution in [0.4, 0.5) is 10.8 Å². The molecular formula is C19H25N5O4S3. The Hall–Kier alpha value is -1.73. The molecule has 2 aliphatic heterocycles. The second-order valence-corrected chi connectivity index (χ2v) is 11.5. The number of hydrogen-bond acceptors (Lipinski definition) is 9. The van der Waals surface area contributed by atoms with Gasteiger partial charge in [0.15, 0.2) is 4.34 Å². The molecule has 31 heavy (non-hydrogen) atoms. The highest BCUT2D eigenvalue weighted by Gasteiger charge is 2.27. The summed E-state index contributed by atoms with van der Waals surface area (Å²) in [7, 11) is -3.45. The van der Waals surface area contributed by atoms with Gasteiger partial charge in [0, 0.05) is 31.9 Å². The van der Waals surface area contributed by atoms with Crippen molar-refractivity contribution in [2.45, 2.75) is 41.0 Å². The highest BCUT2D eigenvalue weighted by molar-refractivity contribution is 8.01. The number of carbonyl (C=O) groups is 1. The Morgan fingerprint density at radius 3 is 2.68 bits per heavy atom. The summed E-state index contributed by atoms with van der Waals surface area (Å²) in [6, 6.07) is 6.30. The van der Waals surface area contributed by atoms with E-state index in [2.05, 4.69) is 20.8 Å². The van der Waals surface area contributed by atoms with E-state index in [0.29, 0.717) is 34.8 Å². The molecule has 2 fully saturated rings. The summed E-state index contributed by atoms with van der Waals surface area (Å²) in [5, 5.41) is 14.9. The SMILES string of the molecule is O=C(CSc1nnc(NC[C@@H]2CCCO2)s1)Nc1ccc(S(=O)(=O)N2CCCC2)cc1. The number of carbonyl (C=O) groups excluding carboxylic acids is 1. The number of nitrogens with one attached hydrogen (secondary N) is 2. The molecular weight excluding hydrogens is 458 g/mol. The average molecular weight is 484 g/mol. The lowest BCUT2D eigenvalue weighted by Gasteiger charge is -2.15. The molecule has 1 aromatic carbocycles. The highest BCUT2D eigenvalue weighted by Crippen LogP contribution is 2.26. The summed E-state index contributed by atoms with van der Waals surface area (Å²) < 4.78 is 32.9. The Morgan fingerprint density at radius 1 is 1.19 bits per heavy atom. The molecule has 0 spiro atoms. The monoisotopic (exact) mass is 483 g/mol. The van der Waals surface area contributed by atoms with E-state index in [1.807, 2.05) is 0 Å². The quantitative estimate of drug-likeness (QED) is 0.524. The van der Waals surface area contributed by atoms with E-state index in [0.717, 1.165) is 32.3 Å². The lowest BCUT2D eigenvalue weighted by atomic mass is 10.2. The van der Waals surface area contributed by atoms with Gasteiger partial charge in [0.2, 0.25) is 21.1 Å². The normalized spacial score (nSPS) is 19.5. The van der Waals surface area contributed by atoms with E-state index < -0.39 is 10.0 Å². The molecule has 0 aliphatic carbocycles. The zero-order chi connectivity index (χ0) is 21.7. The van der Waals surface area contributed by atoms with Crippen molar-refractivity contribution in [1.29, 1.82) is 0 Å². The van der Waals surface area contributed by atoms with Crippen molar-refractivity contribution in [1.82, 2.24) is 14.5 Å². The fraction of sp³-hybridized carbons (Fsp3) is 0.526. The predicted octanol–water partition coefficient (Wildman–Crippen LogP) is 2.64. The van der Waals surface area contributed by atoms with Crippen molar-refractivity contribution in [3.05, 3.63) is 24.3 Å². The lowest BCUT2D eigenvalue weighted by molar-refractivity contribution is -0.113. The van der Waals surface area contributed by atoms with E-state index in [9.17, 15) is 13.2 Å². The molecule has 0 bridgehead atoms. The largest absolute Gasteiger partial charge is 0.376 e. The number of benzene rings is 1. The van der Waals surface area contributed by atoms with Crippen molar-refractivity contribution in [3.63, 3.8) is 0 Å². The van der Waals surface area contributed by atoms with Crippen LogP contribution in [0.3, 0.4) is 0 Å². The number of ether oxygens (including phenoxy) is 1. The first-order valence-electron chi connectivity index (χ1n) is 10.2. The second-order valence-electron chi connectivity index (χ2n) is 7.36. The molecule has 1 amide bonds. The zero-order valence-corrected chi connectivity index (χ0v) is 19.4. The zero-order valence-electron chi connectivity index (χ0n) is 17.0. The Labute approximate surface area is 190 Å². The third-order valence-electron chi connectivity index (χ3n) is 5.08. The molecule has 4 rings (SSSR count). The summed E-state index contributed by atoms with van der Waals surface area (Å²) in [5.74, 6) is -0.00185. The van der Waals surface area contributed by atoms with Gasteiger partial charge in [-0.1, -0.05) is 23.1 Å². The first-order valence-corrected chi connectivity index (χ1v) is 13.5.